The van der Waals surface area contributed by atoms with Crippen molar-refractivity contribution in [2.24, 2.45) is 22.1 Å². The maximum Gasteiger partial charge on any atom is 0.306 e. The molecule has 1 heterocycles. The molecule has 2 unspecified atom stereocenters. The van der Waals surface area contributed by atoms with Crippen LogP contribution in [0.1, 0.15) is 125 Å². The third-order valence-corrected chi connectivity index (χ3v) is 11.5. The Balaban J connectivity index is 1.85. The molecule has 1 aromatic carbocycles. The number of nitriles is 2. The minimum Gasteiger partial charge on any atom is -0.463 e. The number of carbonyl (C=O) groups is 4. The van der Waals surface area contributed by atoms with Crippen LogP contribution in [0.2, 0.25) is 0 Å². The first-order valence-corrected chi connectivity index (χ1v) is 24.0. The summed E-state index contributed by atoms with van der Waals surface area (Å²) in [5.74, 6) is -1.68. The van der Waals surface area contributed by atoms with Gasteiger partial charge < -0.3 is 38.2 Å². The lowest BCUT2D eigenvalue weighted by molar-refractivity contribution is -0.147. The number of aryl methyl sites for hydroxylation is 1. The second-order valence-corrected chi connectivity index (χ2v) is 16.7. The van der Waals surface area contributed by atoms with Gasteiger partial charge in [0.1, 0.15) is 42.8 Å². The van der Waals surface area contributed by atoms with E-state index in [4.69, 9.17) is 23.7 Å². The monoisotopic (exact) mass is 917 g/mol. The van der Waals surface area contributed by atoms with Crippen molar-refractivity contribution in [2.75, 3.05) is 70.8 Å². The van der Waals surface area contributed by atoms with Crippen LogP contribution in [-0.4, -0.2) is 90.5 Å². The van der Waals surface area contributed by atoms with Crippen molar-refractivity contribution in [3.63, 3.8) is 0 Å². The van der Waals surface area contributed by atoms with Gasteiger partial charge in [-0.1, -0.05) is 76.7 Å². The number of rotatable bonds is 38. The fraction of sp³-hybridized carbons (Fsp3) is 0.600. The highest BCUT2D eigenvalue weighted by Gasteiger charge is 2.17. The molecule has 2 atom stereocenters. The second-order valence-electron chi connectivity index (χ2n) is 15.7. The van der Waals surface area contributed by atoms with E-state index in [1.165, 1.54) is 38.5 Å². The van der Waals surface area contributed by atoms with Gasteiger partial charge in [-0.3, -0.25) is 9.59 Å². The van der Waals surface area contributed by atoms with E-state index < -0.39 is 23.8 Å². The number of anilines is 1. The number of ether oxygens (including phenoxy) is 5. The molecule has 356 valence electrons. The van der Waals surface area contributed by atoms with E-state index in [-0.39, 0.29) is 39.3 Å². The average molecular weight is 918 g/mol. The molecule has 0 radical (unpaired) electrons. The van der Waals surface area contributed by atoms with Gasteiger partial charge in [-0.15, -0.1) is 21.6 Å². The molecule has 65 heavy (non-hydrogen) atoms. The summed E-state index contributed by atoms with van der Waals surface area (Å²) in [5.41, 5.74) is 3.28. The van der Waals surface area contributed by atoms with Crippen LogP contribution in [0.25, 0.3) is 0 Å². The predicted octanol–water partition coefficient (Wildman–Crippen LogP) is 10.7. The summed E-state index contributed by atoms with van der Waals surface area (Å²) in [7, 11) is 0. The van der Waals surface area contributed by atoms with Gasteiger partial charge in [0, 0.05) is 30.6 Å². The Morgan fingerprint density at radius 3 is 1.69 bits per heavy atom. The van der Waals surface area contributed by atoms with Crippen molar-refractivity contribution in [1.29, 1.82) is 10.5 Å². The molecule has 2 rings (SSSR count). The Bertz CT molecular complexity index is 1870. The smallest absolute Gasteiger partial charge is 0.306 e. The first-order chi connectivity index (χ1) is 31.7. The normalized spacial score (nSPS) is 12.3. The molecule has 0 N–H and O–H groups in total. The largest absolute Gasteiger partial charge is 0.463 e. The number of allylic oxidation sites excluding steroid dienone is 4. The number of aldehydes is 2. The zero-order valence-electron chi connectivity index (χ0n) is 39.1. The van der Waals surface area contributed by atoms with Crippen LogP contribution in [0.4, 0.5) is 16.4 Å². The zero-order chi connectivity index (χ0) is 47.3. The first-order valence-electron chi connectivity index (χ1n) is 23.2. The van der Waals surface area contributed by atoms with E-state index in [2.05, 4.69) is 53.3 Å². The van der Waals surface area contributed by atoms with Gasteiger partial charge in [0.2, 0.25) is 0 Å². The number of unbranched alkanes of at least 4 members (excludes halogenated alkanes) is 8. The number of nitrogens with zero attached hydrogens (tertiary/aromatic N) is 5. The van der Waals surface area contributed by atoms with Gasteiger partial charge in [-0.25, -0.2) is 0 Å². The number of esters is 2. The number of azo groups is 1. The summed E-state index contributed by atoms with van der Waals surface area (Å²) in [6.45, 7) is 10.9. The van der Waals surface area contributed by atoms with Crippen molar-refractivity contribution in [2.45, 2.75) is 118 Å². The van der Waals surface area contributed by atoms with Crippen LogP contribution >= 0.6 is 11.3 Å². The fourth-order valence-electron chi connectivity index (χ4n) is 6.50. The average Bonchev–Trinajstić information content (AvgIpc) is 3.62. The predicted molar refractivity (Wildman–Crippen MR) is 254 cm³/mol. The number of benzene rings is 1. The van der Waals surface area contributed by atoms with Gasteiger partial charge in [0.15, 0.2) is 5.00 Å². The molecular formula is C50H71N5O9S. The lowest BCUT2D eigenvalue weighted by Gasteiger charge is -2.25. The molecule has 0 saturated carbocycles. The van der Waals surface area contributed by atoms with Crippen molar-refractivity contribution in [3.05, 3.63) is 64.1 Å². The lowest BCUT2D eigenvalue weighted by atomic mass is 10.0. The second kappa shape index (κ2) is 36.2. The van der Waals surface area contributed by atoms with E-state index in [1.807, 2.05) is 37.3 Å². The van der Waals surface area contributed by atoms with E-state index in [0.29, 0.717) is 79.1 Å². The van der Waals surface area contributed by atoms with Crippen LogP contribution in [0.15, 0.2) is 52.7 Å². The summed E-state index contributed by atoms with van der Waals surface area (Å²) in [4.78, 5) is 50.2. The molecular weight excluding hydrogens is 847 g/mol. The molecule has 0 saturated heterocycles. The minimum absolute atomic E-state index is 0.0265. The highest BCUT2D eigenvalue weighted by Crippen LogP contribution is 2.36. The van der Waals surface area contributed by atoms with Gasteiger partial charge in [-0.05, 0) is 81.7 Å². The Kier molecular flexibility index (Phi) is 31.2. The Morgan fingerprint density at radius 2 is 1.22 bits per heavy atom. The lowest BCUT2D eigenvalue weighted by Crippen LogP contribution is -2.31. The molecule has 0 bridgehead atoms. The fourth-order valence-corrected chi connectivity index (χ4v) is 7.38. The molecule has 1 aromatic heterocycles. The molecule has 15 heteroatoms. The number of hydrogen-bond acceptors (Lipinski definition) is 15. The maximum atomic E-state index is 12.4. The van der Waals surface area contributed by atoms with E-state index in [1.54, 1.807) is 6.92 Å². The third-order valence-electron chi connectivity index (χ3n) is 10.4. The molecule has 0 aliphatic heterocycles. The molecule has 0 aliphatic rings. The summed E-state index contributed by atoms with van der Waals surface area (Å²) in [5, 5.41) is 28.1. The van der Waals surface area contributed by atoms with E-state index >= 15 is 0 Å². The molecule has 0 fully saturated rings. The van der Waals surface area contributed by atoms with Crippen molar-refractivity contribution < 1.29 is 42.9 Å². The highest BCUT2D eigenvalue weighted by molar-refractivity contribution is 7.16. The standard InChI is InChI=1S/C50H71N5O9S/c1-5-7-9-11-13-15-17-19-42(38-56)34-48(58)63-31-29-61-26-24-55(44-21-22-46(40(3)33-44)53-54-50-45(36-51)41(4)47(37-52)65-50)23-25-60-27-28-62-30-32-64-49(59)35-43(39-57)20-18-16-14-12-10-8-6-2/h15-18,21-22,33,38-39,42-43H,5-14,19-20,23-32,34-35H2,1-4H3/b17-15+,18-16+,54-53?. The number of thiophene rings is 1. The maximum absolute atomic E-state index is 12.4. The summed E-state index contributed by atoms with van der Waals surface area (Å²) in [6.07, 6.45) is 22.3. The minimum atomic E-state index is -0.433. The van der Waals surface area contributed by atoms with Crippen LogP contribution in [0, 0.1) is 48.3 Å². The molecule has 0 spiro atoms. The molecule has 0 aliphatic carbocycles. The Morgan fingerprint density at radius 1 is 0.692 bits per heavy atom. The van der Waals surface area contributed by atoms with Gasteiger partial charge in [-0.2, -0.15) is 10.5 Å². The van der Waals surface area contributed by atoms with Gasteiger partial charge >= 0.3 is 11.9 Å². The van der Waals surface area contributed by atoms with Gasteiger partial charge in [0.25, 0.3) is 0 Å². The van der Waals surface area contributed by atoms with Crippen molar-refractivity contribution in [1.82, 2.24) is 0 Å². The summed E-state index contributed by atoms with van der Waals surface area (Å²) < 4.78 is 27.9. The van der Waals surface area contributed by atoms with Gasteiger partial charge in [0.05, 0.1) is 63.7 Å². The number of carbonyl (C=O) groups excluding carboxylic acids is 4. The highest BCUT2D eigenvalue weighted by atomic mass is 32.1. The Hall–Kier alpha value is -5.06. The summed E-state index contributed by atoms with van der Waals surface area (Å²) in [6, 6.07) is 9.94. The van der Waals surface area contributed by atoms with Crippen LogP contribution < -0.4 is 4.90 Å². The number of hydrogen-bond donors (Lipinski definition) is 0. The van der Waals surface area contributed by atoms with E-state index in [9.17, 15) is 29.7 Å². The topological polar surface area (TPSA) is 190 Å². The zero-order valence-corrected chi connectivity index (χ0v) is 40.0. The van der Waals surface area contributed by atoms with Crippen LogP contribution in [0.5, 0.6) is 0 Å². The van der Waals surface area contributed by atoms with Crippen molar-refractivity contribution in [3.8, 4) is 12.1 Å². The molecule has 0 amide bonds. The quantitative estimate of drug-likeness (QED) is 0.0204. The van der Waals surface area contributed by atoms with E-state index in [0.717, 1.165) is 60.8 Å². The molecule has 14 nitrogen and oxygen atoms in total. The van der Waals surface area contributed by atoms with Crippen LogP contribution in [0.3, 0.4) is 0 Å². The first kappa shape index (κ1) is 56.1. The Labute approximate surface area is 391 Å². The molecule has 2 aromatic rings. The summed E-state index contributed by atoms with van der Waals surface area (Å²) >= 11 is 1.13. The van der Waals surface area contributed by atoms with Crippen LogP contribution in [-0.2, 0) is 42.9 Å². The SMILES string of the molecule is CCCCCC/C=C/CC(C=O)CC(=O)OCCOCCOCCN(CCOCCOC(=O)CC(C=O)C/C=C/CCCCCC)c1ccc(N=Nc2sc(C#N)c(C)c2C#N)c(C)c1. The third kappa shape index (κ3) is 24.7. The van der Waals surface area contributed by atoms with Crippen molar-refractivity contribution >= 4 is 52.2 Å².